The Labute approximate surface area is 221 Å². The first-order valence-electron chi connectivity index (χ1n) is 11.7. The van der Waals surface area contributed by atoms with E-state index in [1.54, 1.807) is 6.07 Å². The summed E-state index contributed by atoms with van der Waals surface area (Å²) < 4.78 is 0. The number of aliphatic carboxylic acids is 1. The van der Waals surface area contributed by atoms with Crippen molar-refractivity contribution in [3.05, 3.63) is 46.2 Å². The largest absolute Gasteiger partial charge is 0.508 e. The van der Waals surface area contributed by atoms with Gasteiger partial charge in [-0.15, -0.1) is 0 Å². The van der Waals surface area contributed by atoms with Crippen LogP contribution in [0.25, 0.3) is 5.76 Å². The van der Waals surface area contributed by atoms with Crippen molar-refractivity contribution in [2.75, 3.05) is 25.6 Å². The molecule has 1 amide bonds. The van der Waals surface area contributed by atoms with Gasteiger partial charge in [0.05, 0.1) is 30.0 Å². The number of primary amides is 1. The lowest BCUT2D eigenvalue weighted by Gasteiger charge is -2.54. The van der Waals surface area contributed by atoms with E-state index in [1.807, 2.05) is 0 Å². The van der Waals surface area contributed by atoms with Crippen LogP contribution in [0.3, 0.4) is 0 Å². The number of likely N-dealkylation sites (N-methyl/N-ethyl adjacent to an activating group) is 1. The molecule has 1 aromatic carbocycles. The van der Waals surface area contributed by atoms with E-state index in [0.29, 0.717) is 5.56 Å². The molecule has 3 aliphatic carbocycles. The van der Waals surface area contributed by atoms with Gasteiger partial charge < -0.3 is 36.4 Å². The van der Waals surface area contributed by atoms with Gasteiger partial charge in [0.25, 0.3) is 5.91 Å². The Balaban J connectivity index is 1.96. The Bertz CT molecular complexity index is 1300. The first kappa shape index (κ1) is 27.6. The maximum atomic E-state index is 14.0. The number of fused-ring (bicyclic) bond motifs is 3. The van der Waals surface area contributed by atoms with Gasteiger partial charge in [0, 0.05) is 28.9 Å². The Morgan fingerprint density at radius 1 is 1.16 bits per heavy atom. The number of phenolic OH excluding ortho intramolecular Hbond substituents is 1. The second-order valence-corrected chi connectivity index (χ2v) is 11.0. The van der Waals surface area contributed by atoms with Gasteiger partial charge >= 0.3 is 5.97 Å². The van der Waals surface area contributed by atoms with E-state index in [0.717, 1.165) is 0 Å². The molecule has 38 heavy (non-hydrogen) atoms. The third-order valence-electron chi connectivity index (χ3n) is 7.56. The van der Waals surface area contributed by atoms with Crippen LogP contribution in [-0.4, -0.2) is 102 Å². The SMILES string of the molecule is CN(C)[C@@H]1C(=O)C(C(N)=O)=C(O)[C@@]2(O)C(=O)C3=C(O)c4c(O)cccc4[C@H](CSCCC(=O)O)[C@H]3[C@H](O)[C@@H]12. The van der Waals surface area contributed by atoms with E-state index in [-0.39, 0.29) is 29.2 Å². The number of benzene rings is 1. The molecule has 0 spiro atoms. The van der Waals surface area contributed by atoms with Gasteiger partial charge in [-0.05, 0) is 25.7 Å². The quantitative estimate of drug-likeness (QED) is 0.172. The molecule has 13 heteroatoms. The predicted octanol–water partition coefficient (Wildman–Crippen LogP) is -0.316. The van der Waals surface area contributed by atoms with Crippen LogP contribution in [0.2, 0.25) is 0 Å². The van der Waals surface area contributed by atoms with E-state index in [2.05, 4.69) is 0 Å². The molecule has 0 radical (unpaired) electrons. The molecule has 8 N–H and O–H groups in total. The summed E-state index contributed by atoms with van der Waals surface area (Å²) in [5.41, 5.74) is 1.10. The maximum absolute atomic E-state index is 14.0. The van der Waals surface area contributed by atoms with Crippen LogP contribution in [0.4, 0.5) is 0 Å². The zero-order valence-electron chi connectivity index (χ0n) is 20.5. The molecule has 1 saturated carbocycles. The number of nitrogens with zero attached hydrogens (tertiary/aromatic N) is 1. The normalized spacial score (nSPS) is 30.7. The molecular formula is C25H28N2O10S. The van der Waals surface area contributed by atoms with E-state index in [4.69, 9.17) is 10.8 Å². The first-order valence-corrected chi connectivity index (χ1v) is 12.9. The van der Waals surface area contributed by atoms with Gasteiger partial charge in [0.2, 0.25) is 5.78 Å². The number of phenols is 1. The molecule has 0 aliphatic heterocycles. The van der Waals surface area contributed by atoms with Crippen molar-refractivity contribution >= 4 is 41.0 Å². The van der Waals surface area contributed by atoms with Crippen molar-refractivity contribution < 1.29 is 49.8 Å². The van der Waals surface area contributed by atoms with Gasteiger partial charge in [-0.25, -0.2) is 0 Å². The van der Waals surface area contributed by atoms with Crippen molar-refractivity contribution in [3.8, 4) is 5.75 Å². The molecule has 204 valence electrons. The third kappa shape index (κ3) is 3.88. The van der Waals surface area contributed by atoms with Crippen LogP contribution < -0.4 is 5.73 Å². The van der Waals surface area contributed by atoms with Gasteiger partial charge in [-0.1, -0.05) is 12.1 Å². The van der Waals surface area contributed by atoms with Crippen LogP contribution in [0.5, 0.6) is 5.75 Å². The fourth-order valence-electron chi connectivity index (χ4n) is 5.96. The summed E-state index contributed by atoms with van der Waals surface area (Å²) in [5.74, 6) is -10.4. The number of rotatable bonds is 7. The Morgan fingerprint density at radius 2 is 1.82 bits per heavy atom. The standard InChI is InChI=1S/C25H28N2O10S/c1-27(2)18-17-20(32)14-10(8-38-7-6-12(29)30)9-4-3-5-11(28)13(9)19(31)15(14)22(34)25(17,37)23(35)16(21(18)33)24(26)36/h3-5,10,14,17-18,20,28,31-32,35,37H,6-8H2,1-2H3,(H2,26,36)(H,29,30)/t10-,14+,17+,18-,20-,25-/m0/s1. The monoisotopic (exact) mass is 548 g/mol. The van der Waals surface area contributed by atoms with Crippen molar-refractivity contribution in [2.24, 2.45) is 17.6 Å². The highest BCUT2D eigenvalue weighted by molar-refractivity contribution is 7.99. The van der Waals surface area contributed by atoms with Crippen LogP contribution in [0.1, 0.15) is 23.5 Å². The minimum Gasteiger partial charge on any atom is -0.508 e. The van der Waals surface area contributed by atoms with Gasteiger partial charge in [-0.2, -0.15) is 11.8 Å². The van der Waals surface area contributed by atoms with Gasteiger partial charge in [-0.3, -0.25) is 24.1 Å². The number of carbonyl (C=O) groups excluding carboxylic acids is 3. The lowest BCUT2D eigenvalue weighted by molar-refractivity contribution is -0.169. The lowest BCUT2D eigenvalue weighted by atomic mass is 9.54. The van der Waals surface area contributed by atoms with Crippen molar-refractivity contribution in [3.63, 3.8) is 0 Å². The highest BCUT2D eigenvalue weighted by Crippen LogP contribution is 2.56. The first-order chi connectivity index (χ1) is 17.8. The second kappa shape index (κ2) is 9.73. The zero-order valence-corrected chi connectivity index (χ0v) is 21.3. The molecule has 6 atom stereocenters. The van der Waals surface area contributed by atoms with Crippen molar-refractivity contribution in [1.29, 1.82) is 0 Å². The molecule has 4 rings (SSSR count). The van der Waals surface area contributed by atoms with Crippen LogP contribution in [-0.2, 0) is 19.2 Å². The van der Waals surface area contributed by atoms with Crippen molar-refractivity contribution in [1.82, 2.24) is 4.90 Å². The molecule has 0 bridgehead atoms. The lowest BCUT2D eigenvalue weighted by Crippen LogP contribution is -2.70. The van der Waals surface area contributed by atoms with Gasteiger partial charge in [0.1, 0.15) is 22.8 Å². The van der Waals surface area contributed by atoms with Gasteiger partial charge in [0.15, 0.2) is 11.4 Å². The summed E-state index contributed by atoms with van der Waals surface area (Å²) in [6.45, 7) is 0. The van der Waals surface area contributed by atoms with E-state index in [1.165, 1.54) is 42.9 Å². The highest BCUT2D eigenvalue weighted by Gasteiger charge is 2.68. The number of Topliss-reactive ketones (excluding diaryl/α,β-unsaturated/α-hetero) is 2. The number of ketones is 2. The average Bonchev–Trinajstić information content (AvgIpc) is 2.82. The topological polar surface area (TPSA) is 219 Å². The number of hydrogen-bond donors (Lipinski definition) is 7. The molecule has 0 saturated heterocycles. The molecular weight excluding hydrogens is 520 g/mol. The zero-order chi connectivity index (χ0) is 28.3. The number of thioether (sulfide) groups is 1. The average molecular weight is 549 g/mol. The minimum absolute atomic E-state index is 0.111. The summed E-state index contributed by atoms with van der Waals surface area (Å²) in [4.78, 5) is 51.6. The Kier molecular flexibility index (Phi) is 7.08. The molecule has 0 unspecified atom stereocenters. The summed E-state index contributed by atoms with van der Waals surface area (Å²) >= 11 is 1.21. The van der Waals surface area contributed by atoms with E-state index >= 15 is 0 Å². The number of nitrogens with two attached hydrogens (primary N) is 1. The summed E-state index contributed by atoms with van der Waals surface area (Å²) in [7, 11) is 2.86. The number of hydrogen-bond acceptors (Lipinski definition) is 11. The fraction of sp³-hybridized carbons (Fsp3) is 0.440. The number of amides is 1. The molecule has 0 heterocycles. The van der Waals surface area contributed by atoms with Crippen molar-refractivity contribution in [2.45, 2.75) is 30.1 Å². The summed E-state index contributed by atoms with van der Waals surface area (Å²) in [6, 6.07) is 2.91. The fourth-order valence-corrected chi connectivity index (χ4v) is 7.09. The molecule has 3 aliphatic rings. The number of aliphatic hydroxyl groups is 4. The molecule has 0 aromatic heterocycles. The number of carboxylic acids is 1. The maximum Gasteiger partial charge on any atom is 0.304 e. The Hall–Kier alpha value is -3.39. The van der Waals surface area contributed by atoms with Crippen LogP contribution >= 0.6 is 11.8 Å². The molecule has 1 fully saturated rings. The smallest absolute Gasteiger partial charge is 0.304 e. The Morgan fingerprint density at radius 3 is 2.39 bits per heavy atom. The van der Waals surface area contributed by atoms with Crippen LogP contribution in [0.15, 0.2) is 35.1 Å². The number of carbonyl (C=O) groups is 4. The summed E-state index contributed by atoms with van der Waals surface area (Å²) in [5, 5.41) is 65.1. The predicted molar refractivity (Wildman–Crippen MR) is 134 cm³/mol. The number of carboxylic acid groups (broad SMARTS) is 1. The third-order valence-corrected chi connectivity index (χ3v) is 8.64. The highest BCUT2D eigenvalue weighted by atomic mass is 32.2. The van der Waals surface area contributed by atoms with Crippen LogP contribution in [0, 0.1) is 11.8 Å². The minimum atomic E-state index is -2.99. The molecule has 12 nitrogen and oxygen atoms in total. The van der Waals surface area contributed by atoms with E-state index < -0.39 is 81.6 Å². The number of aromatic hydroxyl groups is 1. The second-order valence-electron chi connectivity index (χ2n) is 9.83. The van der Waals surface area contributed by atoms with E-state index in [9.17, 15) is 44.7 Å². The summed E-state index contributed by atoms with van der Waals surface area (Å²) in [6.07, 6.45) is -1.87. The number of aliphatic hydroxyl groups excluding tert-OH is 3. The molecule has 1 aromatic rings.